The Morgan fingerprint density at radius 1 is 1.16 bits per heavy atom. The minimum Gasteiger partial charge on any atom is -0.481 e. The molecule has 2 heterocycles. The maximum Gasteiger partial charge on any atom is 0.234 e. The van der Waals surface area contributed by atoms with Gasteiger partial charge in [0.25, 0.3) is 0 Å². The summed E-state index contributed by atoms with van der Waals surface area (Å²) in [7, 11) is 1.60. The number of benzene rings is 1. The Hall–Kier alpha value is -2.67. The molecule has 1 fully saturated rings. The van der Waals surface area contributed by atoms with E-state index in [-0.39, 0.29) is 5.91 Å². The lowest BCUT2D eigenvalue weighted by Gasteiger charge is -2.34. The van der Waals surface area contributed by atoms with E-state index < -0.39 is 0 Å². The smallest absolute Gasteiger partial charge is 0.234 e. The van der Waals surface area contributed by atoms with Gasteiger partial charge in [-0.25, -0.2) is 4.98 Å². The zero-order valence-electron chi connectivity index (χ0n) is 14.4. The largest absolute Gasteiger partial charge is 0.481 e. The number of carbonyl (C=O) groups excluding carboxylic acids is 1. The maximum atomic E-state index is 12.1. The minimum atomic E-state index is 0.0509. The van der Waals surface area contributed by atoms with Gasteiger partial charge in [-0.1, -0.05) is 30.3 Å². The first-order valence-electron chi connectivity index (χ1n) is 8.39. The SMILES string of the molecule is COc1ccnc(N2CCN(CC(=O)NCc3ccccc3)CC2)n1. The normalized spacial score (nSPS) is 15.0. The zero-order chi connectivity index (χ0) is 17.5. The molecule has 1 aromatic carbocycles. The van der Waals surface area contributed by atoms with Crippen molar-refractivity contribution in [1.29, 1.82) is 0 Å². The number of carbonyl (C=O) groups is 1. The van der Waals surface area contributed by atoms with Crippen LogP contribution in [0, 0.1) is 0 Å². The molecule has 1 saturated heterocycles. The number of rotatable bonds is 6. The van der Waals surface area contributed by atoms with Crippen LogP contribution in [-0.2, 0) is 11.3 Å². The van der Waals surface area contributed by atoms with Crippen molar-refractivity contribution in [2.24, 2.45) is 0 Å². The highest BCUT2D eigenvalue weighted by atomic mass is 16.5. The fourth-order valence-corrected chi connectivity index (χ4v) is 2.76. The van der Waals surface area contributed by atoms with Crippen molar-refractivity contribution in [3.8, 4) is 5.88 Å². The Balaban J connectivity index is 1.43. The van der Waals surface area contributed by atoms with Crippen LogP contribution in [0.15, 0.2) is 42.6 Å². The van der Waals surface area contributed by atoms with E-state index in [1.165, 1.54) is 0 Å². The Morgan fingerprint density at radius 3 is 2.64 bits per heavy atom. The number of hydrogen-bond donors (Lipinski definition) is 1. The molecule has 7 heteroatoms. The summed E-state index contributed by atoms with van der Waals surface area (Å²) in [6.07, 6.45) is 1.70. The monoisotopic (exact) mass is 341 g/mol. The van der Waals surface area contributed by atoms with Gasteiger partial charge in [-0.15, -0.1) is 0 Å². The number of nitrogens with zero attached hydrogens (tertiary/aromatic N) is 4. The molecule has 2 aromatic rings. The van der Waals surface area contributed by atoms with Gasteiger partial charge in [0, 0.05) is 45.0 Å². The molecule has 1 amide bonds. The van der Waals surface area contributed by atoms with Crippen LogP contribution in [0.25, 0.3) is 0 Å². The summed E-state index contributed by atoms with van der Waals surface area (Å²) in [5, 5.41) is 2.97. The van der Waals surface area contributed by atoms with Crippen LogP contribution in [0.5, 0.6) is 5.88 Å². The van der Waals surface area contributed by atoms with E-state index in [1.54, 1.807) is 19.4 Å². The first-order chi connectivity index (χ1) is 12.2. The number of hydrogen-bond acceptors (Lipinski definition) is 6. The number of nitrogens with one attached hydrogen (secondary N) is 1. The predicted molar refractivity (Wildman–Crippen MR) is 95.5 cm³/mol. The van der Waals surface area contributed by atoms with Gasteiger partial charge in [0.1, 0.15) is 0 Å². The molecule has 1 aromatic heterocycles. The molecular weight excluding hydrogens is 318 g/mol. The number of amides is 1. The molecule has 0 saturated carbocycles. The van der Waals surface area contributed by atoms with Crippen molar-refractivity contribution in [1.82, 2.24) is 20.2 Å². The number of ether oxygens (including phenoxy) is 1. The standard InChI is InChI=1S/C18H23N5O2/c1-25-17-7-8-19-18(21-17)23-11-9-22(10-12-23)14-16(24)20-13-15-5-3-2-4-6-15/h2-8H,9-14H2,1H3,(H,20,24). The average molecular weight is 341 g/mol. The van der Waals surface area contributed by atoms with Crippen molar-refractivity contribution in [2.45, 2.75) is 6.54 Å². The third kappa shape index (κ3) is 4.90. The first kappa shape index (κ1) is 17.2. The molecule has 7 nitrogen and oxygen atoms in total. The number of aromatic nitrogens is 2. The maximum absolute atomic E-state index is 12.1. The molecule has 1 aliphatic heterocycles. The fourth-order valence-electron chi connectivity index (χ4n) is 2.76. The van der Waals surface area contributed by atoms with Crippen molar-refractivity contribution < 1.29 is 9.53 Å². The highest BCUT2D eigenvalue weighted by molar-refractivity contribution is 5.78. The molecule has 1 aliphatic rings. The molecule has 0 bridgehead atoms. The lowest BCUT2D eigenvalue weighted by molar-refractivity contribution is -0.122. The summed E-state index contributed by atoms with van der Waals surface area (Å²) in [5.74, 6) is 1.29. The van der Waals surface area contributed by atoms with Gasteiger partial charge < -0.3 is 15.0 Å². The van der Waals surface area contributed by atoms with Crippen molar-refractivity contribution >= 4 is 11.9 Å². The van der Waals surface area contributed by atoms with Crippen LogP contribution in [0.4, 0.5) is 5.95 Å². The number of methoxy groups -OCH3 is 1. The Morgan fingerprint density at radius 2 is 1.92 bits per heavy atom. The lowest BCUT2D eigenvalue weighted by atomic mass is 10.2. The average Bonchev–Trinajstić information content (AvgIpc) is 2.68. The predicted octanol–water partition coefficient (Wildman–Crippen LogP) is 0.924. The van der Waals surface area contributed by atoms with Gasteiger partial charge >= 0.3 is 0 Å². The quantitative estimate of drug-likeness (QED) is 0.843. The molecular formula is C18H23N5O2. The number of piperazine rings is 1. The summed E-state index contributed by atoms with van der Waals surface area (Å²) >= 11 is 0. The second-order valence-corrected chi connectivity index (χ2v) is 5.92. The van der Waals surface area contributed by atoms with Gasteiger partial charge in [0.05, 0.1) is 13.7 Å². The van der Waals surface area contributed by atoms with Crippen LogP contribution in [0.1, 0.15) is 5.56 Å². The summed E-state index contributed by atoms with van der Waals surface area (Å²) in [5.41, 5.74) is 1.11. The second kappa shape index (κ2) is 8.43. The highest BCUT2D eigenvalue weighted by Gasteiger charge is 2.20. The third-order valence-corrected chi connectivity index (χ3v) is 4.18. The third-order valence-electron chi connectivity index (χ3n) is 4.18. The van der Waals surface area contributed by atoms with Gasteiger partial charge in [-0.05, 0) is 5.56 Å². The summed E-state index contributed by atoms with van der Waals surface area (Å²) in [4.78, 5) is 25.0. The van der Waals surface area contributed by atoms with Crippen LogP contribution < -0.4 is 15.0 Å². The molecule has 0 radical (unpaired) electrons. The summed E-state index contributed by atoms with van der Waals surface area (Å²) < 4.78 is 5.14. The van der Waals surface area contributed by atoms with E-state index in [2.05, 4.69) is 25.1 Å². The van der Waals surface area contributed by atoms with Gasteiger partial charge in [-0.3, -0.25) is 9.69 Å². The van der Waals surface area contributed by atoms with Crippen LogP contribution in [0.2, 0.25) is 0 Å². The molecule has 0 spiro atoms. The molecule has 3 rings (SSSR count). The Bertz CT molecular complexity index is 687. The molecule has 1 N–H and O–H groups in total. The van der Waals surface area contributed by atoms with Crippen LogP contribution in [0.3, 0.4) is 0 Å². The minimum absolute atomic E-state index is 0.0509. The highest BCUT2D eigenvalue weighted by Crippen LogP contribution is 2.14. The van der Waals surface area contributed by atoms with E-state index in [9.17, 15) is 4.79 Å². The Labute approximate surface area is 147 Å². The van der Waals surface area contributed by atoms with E-state index >= 15 is 0 Å². The van der Waals surface area contributed by atoms with Crippen molar-refractivity contribution in [3.63, 3.8) is 0 Å². The molecule has 0 aliphatic carbocycles. The fraction of sp³-hybridized carbons (Fsp3) is 0.389. The molecule has 25 heavy (non-hydrogen) atoms. The number of anilines is 1. The van der Waals surface area contributed by atoms with Crippen molar-refractivity contribution in [3.05, 3.63) is 48.2 Å². The van der Waals surface area contributed by atoms with Gasteiger partial charge in [0.15, 0.2) is 0 Å². The van der Waals surface area contributed by atoms with Crippen LogP contribution in [-0.4, -0.2) is 60.6 Å². The summed E-state index contributed by atoms with van der Waals surface area (Å²) in [6, 6.07) is 11.7. The van der Waals surface area contributed by atoms with E-state index in [4.69, 9.17) is 4.74 Å². The topological polar surface area (TPSA) is 70.6 Å². The van der Waals surface area contributed by atoms with E-state index in [0.29, 0.717) is 24.9 Å². The van der Waals surface area contributed by atoms with Gasteiger partial charge in [-0.2, -0.15) is 4.98 Å². The Kier molecular flexibility index (Phi) is 5.79. The van der Waals surface area contributed by atoms with E-state index in [1.807, 2.05) is 30.3 Å². The lowest BCUT2D eigenvalue weighted by Crippen LogP contribution is -2.49. The molecule has 132 valence electrons. The summed E-state index contributed by atoms with van der Waals surface area (Å²) in [6.45, 7) is 4.17. The zero-order valence-corrected chi connectivity index (χ0v) is 14.4. The van der Waals surface area contributed by atoms with Crippen LogP contribution >= 0.6 is 0 Å². The molecule has 0 atom stereocenters. The van der Waals surface area contributed by atoms with Gasteiger partial charge in [0.2, 0.25) is 17.7 Å². The van der Waals surface area contributed by atoms with E-state index in [0.717, 1.165) is 31.7 Å². The van der Waals surface area contributed by atoms with Crippen molar-refractivity contribution in [2.75, 3.05) is 44.7 Å². The molecule has 0 unspecified atom stereocenters. The first-order valence-corrected chi connectivity index (χ1v) is 8.39. The second-order valence-electron chi connectivity index (χ2n) is 5.92.